The lowest BCUT2D eigenvalue weighted by Gasteiger charge is -2.27. The van der Waals surface area contributed by atoms with Crippen LogP contribution in [0.3, 0.4) is 0 Å². The Labute approximate surface area is 279 Å². The fraction of sp³-hybridized carbons (Fsp3) is 0.417. The molecular weight excluding hydrogens is 631 g/mol. The Balaban J connectivity index is 2.16. The Kier molecular flexibility index (Phi) is 12.3. The predicted molar refractivity (Wildman–Crippen MR) is 180 cm³/mol. The van der Waals surface area contributed by atoms with Gasteiger partial charge in [-0.2, -0.15) is 8.78 Å². The van der Waals surface area contributed by atoms with E-state index in [1.165, 1.54) is 18.3 Å². The standard InChI is InChI=1S/C36H43ClF3N3O4/c1-9-36(39,40)27-17-31(44)43(19-24(27)10-11-42(7)8)30(12-20(2)3)35(47)41-29(18-32(45)46)26-15-25(16-28(37)34(26)38)33-22(5)13-21(4)14-23(33)6/h9,13-17,19-20,29-30H,1,10-12,18H2,2-8H3,(H,41,47)(H,45,46)/t29-,30?/m0/s1. The molecule has 2 atom stereocenters. The van der Waals surface area contributed by atoms with Gasteiger partial charge in [0.15, 0.2) is 0 Å². The number of pyridine rings is 1. The SMILES string of the molecule is C=CC(F)(F)c1cc(=O)n(C(CC(C)C)C(=O)N[C@@H](CC(=O)O)c2cc(-c3c(C)cc(C)cc3C)cc(Cl)c2F)cc1CCN(C)C. The number of amides is 1. The first kappa shape index (κ1) is 37.6. The minimum atomic E-state index is -3.49. The number of allylic oxidation sites excluding steroid dienone is 1. The summed E-state index contributed by atoms with van der Waals surface area (Å²) in [6.07, 6.45) is 1.31. The third-order valence-electron chi connectivity index (χ3n) is 8.03. The highest BCUT2D eigenvalue weighted by Gasteiger charge is 2.34. The number of likely N-dealkylation sites (N-methyl/N-ethyl adjacent to an activating group) is 1. The van der Waals surface area contributed by atoms with Crippen molar-refractivity contribution >= 4 is 23.5 Å². The molecule has 0 radical (unpaired) electrons. The fourth-order valence-electron chi connectivity index (χ4n) is 5.92. The van der Waals surface area contributed by atoms with Crippen LogP contribution >= 0.6 is 11.6 Å². The maximum Gasteiger partial charge on any atom is 0.305 e. The molecule has 3 aromatic rings. The van der Waals surface area contributed by atoms with Gasteiger partial charge in [-0.15, -0.1) is 0 Å². The maximum atomic E-state index is 15.7. The minimum absolute atomic E-state index is 0.112. The molecule has 1 heterocycles. The van der Waals surface area contributed by atoms with Crippen LogP contribution < -0.4 is 10.9 Å². The highest BCUT2D eigenvalue weighted by atomic mass is 35.5. The number of nitrogens with zero attached hydrogens (tertiary/aromatic N) is 2. The molecule has 0 aliphatic heterocycles. The molecule has 7 nitrogen and oxygen atoms in total. The van der Waals surface area contributed by atoms with E-state index in [1.807, 2.05) is 46.8 Å². The molecule has 1 unspecified atom stereocenters. The number of hydrogen-bond acceptors (Lipinski definition) is 4. The van der Waals surface area contributed by atoms with E-state index in [2.05, 4.69) is 11.9 Å². The molecule has 0 aliphatic carbocycles. The molecule has 0 saturated carbocycles. The first-order valence-corrected chi connectivity index (χ1v) is 15.7. The van der Waals surface area contributed by atoms with E-state index >= 15 is 4.39 Å². The minimum Gasteiger partial charge on any atom is -0.481 e. The third-order valence-corrected chi connectivity index (χ3v) is 8.31. The summed E-state index contributed by atoms with van der Waals surface area (Å²) in [6, 6.07) is 5.10. The van der Waals surface area contributed by atoms with Crippen molar-refractivity contribution in [2.45, 2.75) is 71.9 Å². The fourth-order valence-corrected chi connectivity index (χ4v) is 6.14. The van der Waals surface area contributed by atoms with Crippen molar-refractivity contribution in [1.29, 1.82) is 0 Å². The van der Waals surface area contributed by atoms with Crippen molar-refractivity contribution < 1.29 is 27.9 Å². The van der Waals surface area contributed by atoms with E-state index < -0.39 is 53.2 Å². The number of rotatable bonds is 14. The molecule has 254 valence electrons. The summed E-state index contributed by atoms with van der Waals surface area (Å²) in [5, 5.41) is 12.2. The Morgan fingerprint density at radius 2 is 1.72 bits per heavy atom. The zero-order valence-electron chi connectivity index (χ0n) is 27.9. The first-order chi connectivity index (χ1) is 21.9. The molecule has 2 aromatic carbocycles. The van der Waals surface area contributed by atoms with Gasteiger partial charge in [0.05, 0.1) is 17.5 Å². The van der Waals surface area contributed by atoms with Gasteiger partial charge in [0.2, 0.25) is 5.91 Å². The summed E-state index contributed by atoms with van der Waals surface area (Å²) in [7, 11) is 3.56. The van der Waals surface area contributed by atoms with Crippen LogP contribution in [-0.4, -0.2) is 47.1 Å². The molecule has 0 saturated heterocycles. The lowest BCUT2D eigenvalue weighted by Crippen LogP contribution is -2.41. The van der Waals surface area contributed by atoms with Crippen molar-refractivity contribution in [2.75, 3.05) is 20.6 Å². The first-order valence-electron chi connectivity index (χ1n) is 15.4. The normalized spacial score (nSPS) is 13.1. The van der Waals surface area contributed by atoms with E-state index in [4.69, 9.17) is 11.6 Å². The smallest absolute Gasteiger partial charge is 0.305 e. The molecule has 47 heavy (non-hydrogen) atoms. The monoisotopic (exact) mass is 673 g/mol. The topological polar surface area (TPSA) is 91.6 Å². The third kappa shape index (κ3) is 9.14. The quantitative estimate of drug-likeness (QED) is 0.173. The second kappa shape index (κ2) is 15.3. The van der Waals surface area contributed by atoms with Crippen LogP contribution in [0.4, 0.5) is 13.2 Å². The maximum absolute atomic E-state index is 15.7. The van der Waals surface area contributed by atoms with Crippen LogP contribution in [-0.2, 0) is 21.9 Å². The average Bonchev–Trinajstić information content (AvgIpc) is 2.95. The Bertz CT molecular complexity index is 1700. The molecule has 3 rings (SSSR count). The Morgan fingerprint density at radius 3 is 2.26 bits per heavy atom. The number of aliphatic carboxylic acids is 1. The summed E-state index contributed by atoms with van der Waals surface area (Å²) in [5.41, 5.74) is 2.86. The van der Waals surface area contributed by atoms with Crippen LogP contribution in [0, 0.1) is 32.5 Å². The second-order valence-corrected chi connectivity index (χ2v) is 13.2. The number of aryl methyl sites for hydroxylation is 3. The second-order valence-electron chi connectivity index (χ2n) is 12.8. The van der Waals surface area contributed by atoms with E-state index in [-0.39, 0.29) is 34.9 Å². The number of nitrogens with one attached hydrogen (secondary N) is 1. The van der Waals surface area contributed by atoms with Gasteiger partial charge in [0.25, 0.3) is 11.5 Å². The number of alkyl halides is 2. The lowest BCUT2D eigenvalue weighted by atomic mass is 9.91. The average molecular weight is 674 g/mol. The summed E-state index contributed by atoms with van der Waals surface area (Å²) >= 11 is 6.35. The van der Waals surface area contributed by atoms with Crippen molar-refractivity contribution in [3.8, 4) is 11.1 Å². The molecule has 0 spiro atoms. The van der Waals surface area contributed by atoms with Crippen LogP contribution in [0.1, 0.15) is 72.2 Å². The van der Waals surface area contributed by atoms with Crippen molar-refractivity contribution in [2.24, 2.45) is 5.92 Å². The highest BCUT2D eigenvalue weighted by molar-refractivity contribution is 6.31. The number of carboxylic acid groups (broad SMARTS) is 1. The van der Waals surface area contributed by atoms with Gasteiger partial charge in [-0.3, -0.25) is 14.4 Å². The van der Waals surface area contributed by atoms with Gasteiger partial charge in [0, 0.05) is 29.9 Å². The van der Waals surface area contributed by atoms with E-state index in [0.29, 0.717) is 18.2 Å². The van der Waals surface area contributed by atoms with Crippen LogP contribution in [0.5, 0.6) is 0 Å². The molecule has 2 N–H and O–H groups in total. The molecular formula is C36H43ClF3N3O4. The van der Waals surface area contributed by atoms with E-state index in [1.54, 1.807) is 19.0 Å². The number of aromatic nitrogens is 1. The van der Waals surface area contributed by atoms with Gasteiger partial charge < -0.3 is 19.9 Å². The summed E-state index contributed by atoms with van der Waals surface area (Å²) < 4.78 is 46.5. The lowest BCUT2D eigenvalue weighted by molar-refractivity contribution is -0.138. The molecule has 0 fully saturated rings. The van der Waals surface area contributed by atoms with Crippen molar-refractivity contribution in [3.05, 3.63) is 104 Å². The Morgan fingerprint density at radius 1 is 1.11 bits per heavy atom. The van der Waals surface area contributed by atoms with Crippen molar-refractivity contribution in [3.63, 3.8) is 0 Å². The summed E-state index contributed by atoms with van der Waals surface area (Å²) in [4.78, 5) is 41.2. The summed E-state index contributed by atoms with van der Waals surface area (Å²) in [6.45, 7) is 13.0. The zero-order valence-corrected chi connectivity index (χ0v) is 28.6. The van der Waals surface area contributed by atoms with E-state index in [9.17, 15) is 28.3 Å². The molecule has 0 aliphatic rings. The van der Waals surface area contributed by atoms with Gasteiger partial charge >= 0.3 is 5.97 Å². The van der Waals surface area contributed by atoms with Gasteiger partial charge in [-0.05, 0) is 99.7 Å². The Hall–Kier alpha value is -3.89. The molecule has 0 bridgehead atoms. The number of carbonyl (C=O) groups excluding carboxylic acids is 1. The number of benzene rings is 2. The van der Waals surface area contributed by atoms with Crippen LogP contribution in [0.15, 0.2) is 54.0 Å². The number of hydrogen-bond donors (Lipinski definition) is 2. The van der Waals surface area contributed by atoms with Gasteiger partial charge in [-0.25, -0.2) is 4.39 Å². The van der Waals surface area contributed by atoms with Gasteiger partial charge in [0.1, 0.15) is 11.9 Å². The molecule has 11 heteroatoms. The highest BCUT2D eigenvalue weighted by Crippen LogP contribution is 2.36. The van der Waals surface area contributed by atoms with Crippen LogP contribution in [0.25, 0.3) is 11.1 Å². The number of halogens is 4. The largest absolute Gasteiger partial charge is 0.481 e. The van der Waals surface area contributed by atoms with Crippen LogP contribution in [0.2, 0.25) is 5.02 Å². The van der Waals surface area contributed by atoms with E-state index in [0.717, 1.165) is 32.9 Å². The predicted octanol–water partition coefficient (Wildman–Crippen LogP) is 7.53. The molecule has 1 aromatic heterocycles. The molecule has 1 amide bonds. The summed E-state index contributed by atoms with van der Waals surface area (Å²) in [5.74, 6) is -6.59. The van der Waals surface area contributed by atoms with Gasteiger partial charge in [-0.1, -0.05) is 49.7 Å². The zero-order chi connectivity index (χ0) is 35.4. The number of carboxylic acids is 1. The number of carbonyl (C=O) groups is 2. The van der Waals surface area contributed by atoms with Crippen molar-refractivity contribution in [1.82, 2.24) is 14.8 Å².